The Morgan fingerprint density at radius 1 is 1.29 bits per heavy atom. The van der Waals surface area contributed by atoms with E-state index in [4.69, 9.17) is 17.7 Å². The first-order valence-corrected chi connectivity index (χ1v) is 11.6. The number of hydrogen-bond acceptors (Lipinski definition) is 4. The number of fused-ring (bicyclic) bond motifs is 1. The number of nitrogens with one attached hydrogen (secondary N) is 1. The molecule has 0 amide bonds. The summed E-state index contributed by atoms with van der Waals surface area (Å²) >= 11 is 0. The highest BCUT2D eigenvalue weighted by Gasteiger charge is 2.44. The maximum Gasteiger partial charge on any atom is 0.522 e. The van der Waals surface area contributed by atoms with Gasteiger partial charge < -0.3 is 9.72 Å². The Labute approximate surface area is 180 Å². The molecule has 31 heavy (non-hydrogen) atoms. The van der Waals surface area contributed by atoms with Gasteiger partial charge in [-0.05, 0) is 50.9 Å². The van der Waals surface area contributed by atoms with Crippen molar-refractivity contribution in [2.75, 3.05) is 19.7 Å². The molecule has 0 aliphatic carbocycles. The average Bonchev–Trinajstić information content (AvgIpc) is 3.11. The predicted molar refractivity (Wildman–Crippen MR) is 116 cm³/mol. The summed E-state index contributed by atoms with van der Waals surface area (Å²) < 4.78 is 63.4. The zero-order valence-corrected chi connectivity index (χ0v) is 18.7. The summed E-state index contributed by atoms with van der Waals surface area (Å²) in [6.45, 7) is 9.61. The maximum atomic E-state index is 10.7. The molecule has 1 aliphatic heterocycles. The quantitative estimate of drug-likeness (QED) is 0.453. The minimum absolute atomic E-state index is 0.603. The number of halogens is 3. The molecule has 2 aromatic rings. The monoisotopic (exact) mass is 462 g/mol. The molecule has 1 unspecified atom stereocenters. The third kappa shape index (κ3) is 6.47. The van der Waals surface area contributed by atoms with E-state index in [1.54, 1.807) is 0 Å². The van der Waals surface area contributed by atoms with Crippen LogP contribution in [0.25, 0.3) is 16.5 Å². The highest BCUT2D eigenvalue weighted by Crippen LogP contribution is 2.36. The molecule has 1 aliphatic rings. The molecule has 6 nitrogen and oxygen atoms in total. The van der Waals surface area contributed by atoms with Crippen molar-refractivity contribution in [1.82, 2.24) is 9.88 Å². The van der Waals surface area contributed by atoms with E-state index in [0.29, 0.717) is 12.6 Å². The van der Waals surface area contributed by atoms with Crippen LogP contribution in [-0.4, -0.2) is 54.1 Å². The summed E-state index contributed by atoms with van der Waals surface area (Å²) in [4.78, 5) is 6.00. The molecule has 0 radical (unpaired) electrons. The smallest absolute Gasteiger partial charge is 0.493 e. The van der Waals surface area contributed by atoms with Crippen LogP contribution in [0.3, 0.4) is 0 Å². The average molecular weight is 463 g/mol. The summed E-state index contributed by atoms with van der Waals surface area (Å²) in [7, 11) is -5.84. The largest absolute Gasteiger partial charge is 0.522 e. The lowest BCUT2D eigenvalue weighted by Gasteiger charge is -2.33. The third-order valence-corrected chi connectivity index (χ3v) is 5.70. The molecule has 3 rings (SSSR count). The Bertz CT molecular complexity index is 1000. The molecule has 0 spiro atoms. The van der Waals surface area contributed by atoms with E-state index in [9.17, 15) is 13.2 Å². The number of aromatic amines is 1. The van der Waals surface area contributed by atoms with Crippen LogP contribution < -0.4 is 4.74 Å². The van der Waals surface area contributed by atoms with Crippen molar-refractivity contribution in [3.8, 4) is 5.75 Å². The second-order valence-corrected chi connectivity index (χ2v) is 8.78. The standard InChI is InChI=1S/C20H28N2O.CHF3O3S/c1-4-6-11-22-12-10-16(13-15(22)3)17-14-21-18-8-7-9-19(20(17)18)23-5-2;2-1(3,4)8(5,6)7/h7-10,14-15,21H,4-6,11-13H2,1-3H3;(H,5,6,7). The fourth-order valence-electron chi connectivity index (χ4n) is 3.51. The molecule has 1 atom stereocenters. The molecule has 2 N–H and O–H groups in total. The molecular weight excluding hydrogens is 433 g/mol. The molecule has 1 aromatic heterocycles. The van der Waals surface area contributed by atoms with Crippen LogP contribution in [0, 0.1) is 0 Å². The molecule has 1 aromatic carbocycles. The Balaban J connectivity index is 0.000000366. The number of hydrogen-bond donors (Lipinski definition) is 2. The highest BCUT2D eigenvalue weighted by atomic mass is 32.2. The predicted octanol–water partition coefficient (Wildman–Crippen LogP) is 5.24. The second-order valence-electron chi connectivity index (χ2n) is 7.37. The Kier molecular flexibility index (Phi) is 8.56. The summed E-state index contributed by atoms with van der Waals surface area (Å²) in [5.74, 6) is 0.989. The fraction of sp³-hybridized carbons (Fsp3) is 0.524. The first kappa shape index (κ1) is 25.2. The summed E-state index contributed by atoms with van der Waals surface area (Å²) in [6, 6.07) is 6.86. The molecular formula is C21H29F3N2O4S. The third-order valence-electron chi connectivity index (χ3n) is 5.12. The summed E-state index contributed by atoms with van der Waals surface area (Å²) in [6.07, 6.45) is 8.21. The van der Waals surface area contributed by atoms with E-state index in [0.717, 1.165) is 24.2 Å². The van der Waals surface area contributed by atoms with Gasteiger partial charge in [-0.25, -0.2) is 0 Å². The molecule has 174 valence electrons. The maximum absolute atomic E-state index is 10.7. The number of alkyl halides is 3. The number of benzene rings is 1. The van der Waals surface area contributed by atoms with Gasteiger partial charge in [0.1, 0.15) is 5.75 Å². The lowest BCUT2D eigenvalue weighted by Crippen LogP contribution is -2.37. The summed E-state index contributed by atoms with van der Waals surface area (Å²) in [5, 5.41) is 1.23. The Hall–Kier alpha value is -2.04. The number of nitrogens with zero attached hydrogens (tertiary/aromatic N) is 1. The van der Waals surface area contributed by atoms with E-state index in [1.165, 1.54) is 35.9 Å². The van der Waals surface area contributed by atoms with E-state index in [1.807, 2.05) is 6.92 Å². The molecule has 0 saturated heterocycles. The minimum Gasteiger partial charge on any atom is -0.493 e. The van der Waals surface area contributed by atoms with Gasteiger partial charge in [0, 0.05) is 35.2 Å². The van der Waals surface area contributed by atoms with E-state index >= 15 is 0 Å². The van der Waals surface area contributed by atoms with Crippen LogP contribution in [-0.2, 0) is 10.1 Å². The van der Waals surface area contributed by atoms with Crippen molar-refractivity contribution in [3.05, 3.63) is 36.0 Å². The first-order valence-electron chi connectivity index (χ1n) is 10.2. The van der Waals surface area contributed by atoms with Gasteiger partial charge in [0.15, 0.2) is 0 Å². The van der Waals surface area contributed by atoms with Crippen molar-refractivity contribution >= 4 is 26.6 Å². The van der Waals surface area contributed by atoms with Gasteiger partial charge in [-0.3, -0.25) is 9.45 Å². The van der Waals surface area contributed by atoms with Crippen molar-refractivity contribution in [1.29, 1.82) is 0 Å². The molecule has 2 heterocycles. The van der Waals surface area contributed by atoms with E-state index in [-0.39, 0.29) is 0 Å². The van der Waals surface area contributed by atoms with Crippen LogP contribution in [0.5, 0.6) is 5.75 Å². The van der Waals surface area contributed by atoms with Crippen LogP contribution in [0.4, 0.5) is 13.2 Å². The zero-order valence-electron chi connectivity index (χ0n) is 17.9. The van der Waals surface area contributed by atoms with Crippen LogP contribution in [0.2, 0.25) is 0 Å². The number of ether oxygens (including phenoxy) is 1. The number of aromatic nitrogens is 1. The normalized spacial score (nSPS) is 17.8. The van der Waals surface area contributed by atoms with Crippen molar-refractivity contribution in [2.45, 2.75) is 51.6 Å². The van der Waals surface area contributed by atoms with Gasteiger partial charge in [0.25, 0.3) is 0 Å². The minimum atomic E-state index is -5.84. The lowest BCUT2D eigenvalue weighted by atomic mass is 9.94. The molecule has 0 saturated carbocycles. The number of H-pyrrole nitrogens is 1. The number of rotatable bonds is 6. The molecule has 10 heteroatoms. The van der Waals surface area contributed by atoms with Gasteiger partial charge in [-0.1, -0.05) is 25.5 Å². The SMILES string of the molecule is CCCCN1CC=C(c2c[nH]c3cccc(OCC)c23)CC1C.O=S(=O)(O)C(F)(F)F. The topological polar surface area (TPSA) is 82.6 Å². The van der Waals surface area contributed by atoms with Crippen LogP contribution in [0.15, 0.2) is 30.5 Å². The first-order chi connectivity index (χ1) is 14.5. The van der Waals surface area contributed by atoms with Gasteiger partial charge in [0.2, 0.25) is 0 Å². The van der Waals surface area contributed by atoms with Crippen molar-refractivity contribution in [3.63, 3.8) is 0 Å². The fourth-order valence-corrected chi connectivity index (χ4v) is 3.51. The Morgan fingerprint density at radius 2 is 1.97 bits per heavy atom. The van der Waals surface area contributed by atoms with Crippen molar-refractivity contribution in [2.24, 2.45) is 0 Å². The Morgan fingerprint density at radius 3 is 2.52 bits per heavy atom. The number of unbranched alkanes of at least 4 members (excludes halogenated alkanes) is 1. The van der Waals surface area contributed by atoms with E-state index < -0.39 is 15.6 Å². The van der Waals surface area contributed by atoms with E-state index in [2.05, 4.69) is 54.2 Å². The van der Waals surface area contributed by atoms with Gasteiger partial charge >= 0.3 is 15.6 Å². The highest BCUT2D eigenvalue weighted by molar-refractivity contribution is 7.86. The van der Waals surface area contributed by atoms with Crippen LogP contribution >= 0.6 is 0 Å². The van der Waals surface area contributed by atoms with Gasteiger partial charge in [-0.15, -0.1) is 0 Å². The zero-order chi connectivity index (χ0) is 23.2. The van der Waals surface area contributed by atoms with Crippen molar-refractivity contribution < 1.29 is 30.9 Å². The molecule has 0 fully saturated rings. The lowest BCUT2D eigenvalue weighted by molar-refractivity contribution is -0.0510. The second kappa shape index (κ2) is 10.5. The molecule has 0 bridgehead atoms. The van der Waals surface area contributed by atoms with Gasteiger partial charge in [-0.2, -0.15) is 21.6 Å². The van der Waals surface area contributed by atoms with Crippen LogP contribution in [0.1, 0.15) is 45.6 Å². The summed E-state index contributed by atoms with van der Waals surface area (Å²) in [5.41, 5.74) is -1.62. The van der Waals surface area contributed by atoms with Gasteiger partial charge in [0.05, 0.1) is 6.61 Å².